The summed E-state index contributed by atoms with van der Waals surface area (Å²) in [6, 6.07) is 8.88. The van der Waals surface area contributed by atoms with Crippen LogP contribution in [0.2, 0.25) is 0 Å². The van der Waals surface area contributed by atoms with Crippen molar-refractivity contribution in [3.05, 3.63) is 58.7 Å². The Morgan fingerprint density at radius 1 is 1.27 bits per heavy atom. The second-order valence-electron chi connectivity index (χ2n) is 5.49. The fourth-order valence-electron chi connectivity index (χ4n) is 2.44. The van der Waals surface area contributed by atoms with Crippen LogP contribution in [0.4, 0.5) is 19.3 Å². The highest BCUT2D eigenvalue weighted by atomic mass is 19.3. The van der Waals surface area contributed by atoms with Crippen molar-refractivity contribution in [1.82, 2.24) is 0 Å². The van der Waals surface area contributed by atoms with Gasteiger partial charge in [0.25, 0.3) is 6.43 Å². The summed E-state index contributed by atoms with van der Waals surface area (Å²) in [4.78, 5) is 11.6. The number of aliphatic hydroxyl groups is 1. The van der Waals surface area contributed by atoms with Gasteiger partial charge < -0.3 is 14.6 Å². The van der Waals surface area contributed by atoms with Gasteiger partial charge in [-0.15, -0.1) is 0 Å². The average Bonchev–Trinajstić information content (AvgIpc) is 2.65. The summed E-state index contributed by atoms with van der Waals surface area (Å²) in [6.07, 6.45) is -3.76. The van der Waals surface area contributed by atoms with E-state index in [0.29, 0.717) is 11.1 Å². The van der Waals surface area contributed by atoms with Gasteiger partial charge in [0.1, 0.15) is 12.4 Å². The average molecular weight is 367 g/mol. The van der Waals surface area contributed by atoms with E-state index < -0.39 is 19.1 Å². The summed E-state index contributed by atoms with van der Waals surface area (Å²) in [5.74, 6) is -0.0214. The number of carbonyl (C=O) groups excluding carboxylic acids is 1. The molecule has 0 saturated carbocycles. The number of aryl methyl sites for hydroxylation is 1. The lowest BCUT2D eigenvalue weighted by molar-refractivity contribution is 0.140. The van der Waals surface area contributed by atoms with Gasteiger partial charge in [0.2, 0.25) is 0 Å². The van der Waals surface area contributed by atoms with E-state index in [1.54, 1.807) is 19.1 Å². The number of benzene rings is 2. The lowest BCUT2D eigenvalue weighted by atomic mass is 10.1. The Hall–Kier alpha value is -2.71. The standard InChI is InChI=1S/C18H19F2NO5/c1-11-6-7-16(13(8-11)17(19)20)26-10-14-12(9-22)4-3-5-15(14)21(24)18(23)25-2/h3-8,17,22,24H,9-10H2,1-2H3. The number of aliphatic hydroxyl groups excluding tert-OH is 1. The van der Waals surface area contributed by atoms with Crippen LogP contribution in [0.25, 0.3) is 0 Å². The van der Waals surface area contributed by atoms with E-state index in [4.69, 9.17) is 4.74 Å². The number of hydroxylamine groups is 1. The summed E-state index contributed by atoms with van der Waals surface area (Å²) >= 11 is 0. The fourth-order valence-corrected chi connectivity index (χ4v) is 2.44. The zero-order chi connectivity index (χ0) is 19.3. The van der Waals surface area contributed by atoms with Crippen molar-refractivity contribution >= 4 is 11.8 Å². The van der Waals surface area contributed by atoms with Crippen molar-refractivity contribution in [2.75, 3.05) is 12.2 Å². The number of nitrogens with zero attached hydrogens (tertiary/aromatic N) is 1. The highest BCUT2D eigenvalue weighted by molar-refractivity contribution is 5.86. The number of ether oxygens (including phenoxy) is 2. The lowest BCUT2D eigenvalue weighted by Gasteiger charge is -2.20. The zero-order valence-electron chi connectivity index (χ0n) is 14.3. The number of methoxy groups -OCH3 is 1. The van der Waals surface area contributed by atoms with E-state index in [9.17, 15) is 23.9 Å². The summed E-state index contributed by atoms with van der Waals surface area (Å²) in [5.41, 5.74) is 1.06. The second kappa shape index (κ2) is 8.59. The molecule has 2 rings (SSSR count). The molecule has 2 N–H and O–H groups in total. The molecule has 6 nitrogen and oxygen atoms in total. The van der Waals surface area contributed by atoms with Gasteiger partial charge in [0.05, 0.1) is 25.0 Å². The first-order valence-corrected chi connectivity index (χ1v) is 7.69. The molecule has 0 radical (unpaired) electrons. The topological polar surface area (TPSA) is 79.2 Å². The number of hydrogen-bond donors (Lipinski definition) is 2. The van der Waals surface area contributed by atoms with Crippen molar-refractivity contribution < 1.29 is 33.4 Å². The smallest absolute Gasteiger partial charge is 0.438 e. The van der Waals surface area contributed by atoms with Crippen molar-refractivity contribution in [1.29, 1.82) is 0 Å². The van der Waals surface area contributed by atoms with E-state index in [1.807, 2.05) is 0 Å². The highest BCUT2D eigenvalue weighted by Gasteiger charge is 2.21. The van der Waals surface area contributed by atoms with Gasteiger partial charge in [-0.3, -0.25) is 5.21 Å². The molecule has 26 heavy (non-hydrogen) atoms. The van der Waals surface area contributed by atoms with Crippen LogP contribution in [0.5, 0.6) is 5.75 Å². The molecule has 8 heteroatoms. The Bertz CT molecular complexity index is 782. The van der Waals surface area contributed by atoms with Crippen LogP contribution >= 0.6 is 0 Å². The second-order valence-corrected chi connectivity index (χ2v) is 5.49. The molecule has 0 saturated heterocycles. The van der Waals surface area contributed by atoms with E-state index in [-0.39, 0.29) is 34.2 Å². The Morgan fingerprint density at radius 3 is 2.62 bits per heavy atom. The van der Waals surface area contributed by atoms with Crippen LogP contribution in [0.1, 0.15) is 28.7 Å². The van der Waals surface area contributed by atoms with Gasteiger partial charge in [-0.25, -0.2) is 13.6 Å². The summed E-state index contributed by atoms with van der Waals surface area (Å²) in [7, 11) is 1.10. The van der Waals surface area contributed by atoms with Gasteiger partial charge in [-0.2, -0.15) is 5.06 Å². The minimum atomic E-state index is -2.72. The fraction of sp³-hybridized carbons (Fsp3) is 0.278. The molecule has 0 atom stereocenters. The van der Waals surface area contributed by atoms with E-state index in [2.05, 4.69) is 4.74 Å². The first-order chi connectivity index (χ1) is 12.4. The molecule has 0 spiro atoms. The van der Waals surface area contributed by atoms with Crippen LogP contribution in [0.15, 0.2) is 36.4 Å². The maximum atomic E-state index is 13.2. The van der Waals surface area contributed by atoms with Gasteiger partial charge in [0.15, 0.2) is 0 Å². The maximum absolute atomic E-state index is 13.2. The number of halogens is 2. The molecule has 0 unspecified atom stereocenters. The van der Waals surface area contributed by atoms with Crippen LogP contribution in [-0.2, 0) is 18.0 Å². The first-order valence-electron chi connectivity index (χ1n) is 7.69. The van der Waals surface area contributed by atoms with Crippen LogP contribution in [-0.4, -0.2) is 23.5 Å². The molecule has 140 valence electrons. The molecular formula is C18H19F2NO5. The molecule has 0 aromatic heterocycles. The number of alkyl halides is 2. The Morgan fingerprint density at radius 2 is 2.00 bits per heavy atom. The molecule has 0 aliphatic heterocycles. The molecule has 1 amide bonds. The number of amides is 1. The predicted molar refractivity (Wildman–Crippen MR) is 89.5 cm³/mol. The van der Waals surface area contributed by atoms with E-state index in [0.717, 1.165) is 7.11 Å². The molecule has 0 heterocycles. The number of carbonyl (C=O) groups is 1. The maximum Gasteiger partial charge on any atom is 0.438 e. The first kappa shape index (κ1) is 19.6. The van der Waals surface area contributed by atoms with Crippen LogP contribution in [0, 0.1) is 6.92 Å². The SMILES string of the molecule is COC(=O)N(O)c1cccc(CO)c1COc1ccc(C)cc1C(F)F. The third-order valence-electron chi connectivity index (χ3n) is 3.77. The van der Waals surface area contributed by atoms with Crippen molar-refractivity contribution in [3.8, 4) is 5.75 Å². The third kappa shape index (κ3) is 4.27. The van der Waals surface area contributed by atoms with Crippen molar-refractivity contribution in [3.63, 3.8) is 0 Å². The molecule has 0 aliphatic carbocycles. The van der Waals surface area contributed by atoms with Crippen LogP contribution < -0.4 is 9.80 Å². The minimum absolute atomic E-state index is 0.0214. The van der Waals surface area contributed by atoms with Gasteiger partial charge >= 0.3 is 6.09 Å². The number of hydrogen-bond acceptors (Lipinski definition) is 5. The van der Waals surface area contributed by atoms with E-state index >= 15 is 0 Å². The summed E-state index contributed by atoms with van der Waals surface area (Å²) < 4.78 is 36.4. The van der Waals surface area contributed by atoms with Gasteiger partial charge in [-0.1, -0.05) is 23.8 Å². The largest absolute Gasteiger partial charge is 0.488 e. The van der Waals surface area contributed by atoms with Gasteiger partial charge in [0, 0.05) is 5.56 Å². The molecule has 2 aromatic rings. The number of rotatable bonds is 6. The molecule has 0 bridgehead atoms. The van der Waals surface area contributed by atoms with E-state index in [1.165, 1.54) is 24.3 Å². The van der Waals surface area contributed by atoms with Crippen molar-refractivity contribution in [2.45, 2.75) is 26.6 Å². The van der Waals surface area contributed by atoms with Crippen molar-refractivity contribution in [2.24, 2.45) is 0 Å². The Kier molecular flexibility index (Phi) is 6.48. The molecule has 0 fully saturated rings. The highest BCUT2D eigenvalue weighted by Crippen LogP contribution is 2.32. The molecular weight excluding hydrogens is 348 g/mol. The summed E-state index contributed by atoms with van der Waals surface area (Å²) in [5, 5.41) is 19.7. The number of anilines is 1. The Balaban J connectivity index is 2.36. The summed E-state index contributed by atoms with van der Waals surface area (Å²) in [6.45, 7) is 1.05. The minimum Gasteiger partial charge on any atom is -0.488 e. The zero-order valence-corrected chi connectivity index (χ0v) is 14.3. The normalized spacial score (nSPS) is 10.7. The van der Waals surface area contributed by atoms with Gasteiger partial charge in [-0.05, 0) is 30.7 Å². The third-order valence-corrected chi connectivity index (χ3v) is 3.77. The lowest BCUT2D eigenvalue weighted by Crippen LogP contribution is -2.28. The Labute approximate surface area is 149 Å². The quantitative estimate of drug-likeness (QED) is 0.597. The molecule has 0 aliphatic rings. The molecule has 2 aromatic carbocycles. The van der Waals surface area contributed by atoms with Crippen LogP contribution in [0.3, 0.4) is 0 Å². The monoisotopic (exact) mass is 367 g/mol. The predicted octanol–water partition coefficient (Wildman–Crippen LogP) is 3.97.